The van der Waals surface area contributed by atoms with Crippen LogP contribution in [0, 0.1) is 0 Å². The van der Waals surface area contributed by atoms with E-state index in [2.05, 4.69) is 152 Å². The molecule has 9 aromatic carbocycles. The highest BCUT2D eigenvalue weighted by Gasteiger charge is 2.20. The van der Waals surface area contributed by atoms with Gasteiger partial charge in [0, 0.05) is 58.4 Å². The van der Waals surface area contributed by atoms with Crippen molar-refractivity contribution in [3.63, 3.8) is 0 Å². The predicted octanol–water partition coefficient (Wildman–Crippen LogP) is 16.0. The van der Waals surface area contributed by atoms with E-state index in [1.54, 1.807) is 0 Å². The van der Waals surface area contributed by atoms with Crippen LogP contribution >= 0.6 is 11.3 Å². The smallest absolute Gasteiger partial charge is 0.164 e. The van der Waals surface area contributed by atoms with E-state index in [-0.39, 0.29) is 0 Å². The predicted molar refractivity (Wildman–Crippen MR) is 260 cm³/mol. The number of thiophene rings is 1. The van der Waals surface area contributed by atoms with Crippen LogP contribution in [0.2, 0.25) is 0 Å². The minimum Gasteiger partial charge on any atom is -0.456 e. The van der Waals surface area contributed by atoms with E-state index in [0.29, 0.717) is 17.5 Å². The minimum absolute atomic E-state index is 0.578. The van der Waals surface area contributed by atoms with Gasteiger partial charge in [0.2, 0.25) is 0 Å². The fraction of sp³-hybridized carbons (Fsp3) is 0. The zero-order valence-electron chi connectivity index (χ0n) is 33.6. The van der Waals surface area contributed by atoms with E-state index in [1.807, 2.05) is 59.9 Å². The van der Waals surface area contributed by atoms with Crippen molar-refractivity contribution in [2.45, 2.75) is 0 Å². The lowest BCUT2D eigenvalue weighted by molar-refractivity contribution is 0.669. The molecule has 0 fully saturated rings. The Hall–Kier alpha value is -8.19. The lowest BCUT2D eigenvalue weighted by Gasteiger charge is -2.10. The molecule has 6 heteroatoms. The van der Waals surface area contributed by atoms with Gasteiger partial charge in [-0.1, -0.05) is 152 Å². The van der Waals surface area contributed by atoms with Gasteiger partial charge < -0.3 is 8.83 Å². The number of benzene rings is 9. The molecule has 0 amide bonds. The molecular weight excluding hydrogens is 791 g/mol. The van der Waals surface area contributed by atoms with Gasteiger partial charge in [0.1, 0.15) is 22.3 Å². The molecule has 0 atom stereocenters. The maximum Gasteiger partial charge on any atom is 0.164 e. The summed E-state index contributed by atoms with van der Waals surface area (Å²) in [6, 6.07) is 69.8. The third-order valence-corrected chi connectivity index (χ3v) is 13.3. The highest BCUT2D eigenvalue weighted by molar-refractivity contribution is 7.25. The van der Waals surface area contributed by atoms with E-state index < -0.39 is 0 Å². The maximum atomic E-state index is 6.56. The fourth-order valence-corrected chi connectivity index (χ4v) is 10.3. The Morgan fingerprint density at radius 2 is 0.778 bits per heavy atom. The number of furan rings is 2. The van der Waals surface area contributed by atoms with Crippen molar-refractivity contribution in [2.24, 2.45) is 0 Å². The van der Waals surface area contributed by atoms with Gasteiger partial charge >= 0.3 is 0 Å². The lowest BCUT2D eigenvalue weighted by atomic mass is 9.95. The summed E-state index contributed by atoms with van der Waals surface area (Å²) in [4.78, 5) is 15.3. The largest absolute Gasteiger partial charge is 0.456 e. The second-order valence-electron chi connectivity index (χ2n) is 15.9. The molecule has 63 heavy (non-hydrogen) atoms. The maximum absolute atomic E-state index is 6.56. The molecule has 0 saturated carbocycles. The van der Waals surface area contributed by atoms with Crippen molar-refractivity contribution in [2.75, 3.05) is 0 Å². The Morgan fingerprint density at radius 1 is 0.286 bits per heavy atom. The molecule has 0 saturated heterocycles. The van der Waals surface area contributed by atoms with Gasteiger partial charge in [0.05, 0.1) is 0 Å². The third kappa shape index (κ3) is 5.95. The molecule has 5 nitrogen and oxygen atoms in total. The Bertz CT molecular complexity index is 3900. The van der Waals surface area contributed by atoms with Crippen molar-refractivity contribution < 1.29 is 8.83 Å². The van der Waals surface area contributed by atoms with Crippen LogP contribution in [-0.2, 0) is 0 Å². The molecule has 4 aromatic heterocycles. The second-order valence-corrected chi connectivity index (χ2v) is 17.0. The molecule has 0 spiro atoms. The first-order valence-corrected chi connectivity index (χ1v) is 21.8. The summed E-state index contributed by atoms with van der Waals surface area (Å²) in [5.74, 6) is 1.79. The normalized spacial score (nSPS) is 11.8. The second kappa shape index (κ2) is 14.2. The van der Waals surface area contributed by atoms with Crippen LogP contribution in [0.5, 0.6) is 0 Å². The first kappa shape index (κ1) is 35.6. The summed E-state index contributed by atoms with van der Waals surface area (Å²) >= 11 is 1.84. The number of fused-ring (bicyclic) bond motifs is 9. The summed E-state index contributed by atoms with van der Waals surface area (Å²) in [5, 5.41) is 6.69. The van der Waals surface area contributed by atoms with Gasteiger partial charge in [-0.05, 0) is 81.9 Å². The number of rotatable bonds is 6. The van der Waals surface area contributed by atoms with Gasteiger partial charge in [-0.15, -0.1) is 11.3 Å². The molecule has 0 aliphatic carbocycles. The summed E-state index contributed by atoms with van der Waals surface area (Å²) in [6.45, 7) is 0. The number of hydrogen-bond donors (Lipinski definition) is 0. The third-order valence-electron chi connectivity index (χ3n) is 12.2. The summed E-state index contributed by atoms with van der Waals surface area (Å²) in [6.07, 6.45) is 0. The average Bonchev–Trinajstić information content (AvgIpc) is 4.05. The molecule has 0 bridgehead atoms. The van der Waals surface area contributed by atoms with Crippen LogP contribution in [0.3, 0.4) is 0 Å². The standard InChI is InChI=1S/C57H33N3O2S/c1-3-11-34(12-4-1)35-21-23-37(24-22-35)56-58-55(36-13-5-2-6-14-36)59-57(60-56)44-17-10-19-50-54(44)46-32-40(27-30-48(46)62-50)41-16-9-18-49-53(41)45-31-38(26-29-47(45)61-49)39-25-28-43-42-15-7-8-20-51(42)63-52(43)33-39/h1-33H. The Morgan fingerprint density at radius 3 is 1.51 bits per heavy atom. The summed E-state index contributed by atoms with van der Waals surface area (Å²) < 4.78 is 15.7. The molecule has 13 rings (SSSR count). The van der Waals surface area contributed by atoms with Crippen LogP contribution < -0.4 is 0 Å². The molecular formula is C57H33N3O2S. The lowest BCUT2D eigenvalue weighted by Crippen LogP contribution is -2.00. The van der Waals surface area contributed by atoms with Crippen LogP contribution in [0.25, 0.3) is 132 Å². The summed E-state index contributed by atoms with van der Waals surface area (Å²) in [5.41, 5.74) is 12.7. The van der Waals surface area contributed by atoms with E-state index in [9.17, 15) is 0 Å². The van der Waals surface area contributed by atoms with Crippen LogP contribution in [0.4, 0.5) is 0 Å². The van der Waals surface area contributed by atoms with E-state index in [4.69, 9.17) is 23.8 Å². The number of hydrogen-bond acceptors (Lipinski definition) is 6. The summed E-state index contributed by atoms with van der Waals surface area (Å²) in [7, 11) is 0. The zero-order chi connectivity index (χ0) is 41.4. The monoisotopic (exact) mass is 823 g/mol. The van der Waals surface area contributed by atoms with E-state index in [0.717, 1.165) is 88.4 Å². The van der Waals surface area contributed by atoms with Gasteiger partial charge in [-0.3, -0.25) is 0 Å². The number of nitrogens with zero attached hydrogens (tertiary/aromatic N) is 3. The van der Waals surface area contributed by atoms with Gasteiger partial charge in [-0.2, -0.15) is 0 Å². The van der Waals surface area contributed by atoms with Gasteiger partial charge in [0.25, 0.3) is 0 Å². The van der Waals surface area contributed by atoms with Crippen LogP contribution in [0.15, 0.2) is 209 Å². The van der Waals surface area contributed by atoms with Crippen molar-refractivity contribution in [1.29, 1.82) is 0 Å². The van der Waals surface area contributed by atoms with E-state index >= 15 is 0 Å². The first-order valence-electron chi connectivity index (χ1n) is 21.0. The molecule has 4 heterocycles. The Balaban J connectivity index is 0.951. The molecule has 0 aliphatic heterocycles. The Labute approximate surface area is 365 Å². The molecule has 0 N–H and O–H groups in total. The molecule has 0 unspecified atom stereocenters. The van der Waals surface area contributed by atoms with Crippen molar-refractivity contribution >= 4 is 75.4 Å². The molecule has 0 radical (unpaired) electrons. The highest BCUT2D eigenvalue weighted by Crippen LogP contribution is 2.43. The van der Waals surface area contributed by atoms with Crippen molar-refractivity contribution in [1.82, 2.24) is 15.0 Å². The quantitative estimate of drug-likeness (QED) is 0.167. The van der Waals surface area contributed by atoms with Crippen molar-refractivity contribution in [3.05, 3.63) is 200 Å². The zero-order valence-corrected chi connectivity index (χ0v) is 34.4. The van der Waals surface area contributed by atoms with Gasteiger partial charge in [0.15, 0.2) is 17.5 Å². The van der Waals surface area contributed by atoms with Crippen LogP contribution in [-0.4, -0.2) is 15.0 Å². The Kier molecular flexibility index (Phi) is 8.01. The highest BCUT2D eigenvalue weighted by atomic mass is 32.1. The first-order chi connectivity index (χ1) is 31.2. The fourth-order valence-electron chi connectivity index (χ4n) is 9.12. The average molecular weight is 824 g/mol. The topological polar surface area (TPSA) is 65.0 Å². The molecule has 294 valence electrons. The van der Waals surface area contributed by atoms with Gasteiger partial charge in [-0.25, -0.2) is 15.0 Å². The molecule has 13 aromatic rings. The van der Waals surface area contributed by atoms with Crippen LogP contribution in [0.1, 0.15) is 0 Å². The number of aromatic nitrogens is 3. The van der Waals surface area contributed by atoms with E-state index in [1.165, 1.54) is 25.7 Å². The SMILES string of the molecule is c1ccc(-c2ccc(-c3nc(-c4ccccc4)nc(-c4cccc5oc6ccc(-c7cccc8oc9ccc(-c%10ccc%11c(c%10)sc%10ccccc%10%11)cc9c78)cc6c45)n3)cc2)cc1. The van der Waals surface area contributed by atoms with Crippen molar-refractivity contribution in [3.8, 4) is 67.5 Å². The minimum atomic E-state index is 0.578. The molecule has 0 aliphatic rings.